The fourth-order valence-electron chi connectivity index (χ4n) is 2.34. The maximum atomic E-state index is 13.1. The molecule has 1 aliphatic rings. The van der Waals surface area contributed by atoms with E-state index >= 15 is 0 Å². The van der Waals surface area contributed by atoms with Crippen LogP contribution in [-0.2, 0) is 6.54 Å². The lowest BCUT2D eigenvalue weighted by Crippen LogP contribution is -2.41. The second-order valence-electron chi connectivity index (χ2n) is 4.92. The predicted molar refractivity (Wildman–Crippen MR) is 75.9 cm³/mol. The lowest BCUT2D eigenvalue weighted by atomic mass is 10.2. The van der Waals surface area contributed by atoms with Crippen molar-refractivity contribution in [1.82, 2.24) is 10.2 Å². The molecule has 0 spiro atoms. The highest BCUT2D eigenvalue weighted by Crippen LogP contribution is 2.18. The standard InChI is InChI=1S/C14H19FN2S/c1-17(10-11-5-4-6-12(15)9-11)14(18)16-13-7-2-3-8-13/h4-6,9,13H,2-3,7-8,10H2,1H3,(H,16,18). The summed E-state index contributed by atoms with van der Waals surface area (Å²) in [5.41, 5.74) is 0.938. The quantitative estimate of drug-likeness (QED) is 0.846. The van der Waals surface area contributed by atoms with Crippen LogP contribution in [0.4, 0.5) is 4.39 Å². The molecule has 0 unspecified atom stereocenters. The minimum atomic E-state index is -0.199. The van der Waals surface area contributed by atoms with Crippen LogP contribution in [0.5, 0.6) is 0 Å². The molecular weight excluding hydrogens is 247 g/mol. The summed E-state index contributed by atoms with van der Waals surface area (Å²) in [6, 6.07) is 7.17. The predicted octanol–water partition coefficient (Wildman–Crippen LogP) is 3.07. The van der Waals surface area contributed by atoms with Gasteiger partial charge in [-0.15, -0.1) is 0 Å². The fraction of sp³-hybridized carbons (Fsp3) is 0.500. The Balaban J connectivity index is 1.86. The molecule has 1 aromatic rings. The van der Waals surface area contributed by atoms with E-state index in [1.165, 1.54) is 31.7 Å². The molecule has 0 saturated heterocycles. The maximum Gasteiger partial charge on any atom is 0.169 e. The van der Waals surface area contributed by atoms with Gasteiger partial charge in [-0.1, -0.05) is 25.0 Å². The van der Waals surface area contributed by atoms with Crippen LogP contribution in [0.15, 0.2) is 24.3 Å². The van der Waals surface area contributed by atoms with E-state index in [1.807, 2.05) is 18.0 Å². The Hall–Kier alpha value is -1.16. The zero-order chi connectivity index (χ0) is 13.0. The number of hydrogen-bond acceptors (Lipinski definition) is 1. The highest BCUT2D eigenvalue weighted by atomic mass is 32.1. The van der Waals surface area contributed by atoms with Gasteiger partial charge in [0.1, 0.15) is 5.82 Å². The molecule has 0 amide bonds. The van der Waals surface area contributed by atoms with Gasteiger partial charge >= 0.3 is 0 Å². The van der Waals surface area contributed by atoms with Crippen LogP contribution in [0.25, 0.3) is 0 Å². The molecule has 18 heavy (non-hydrogen) atoms. The van der Waals surface area contributed by atoms with Gasteiger partial charge in [-0.25, -0.2) is 4.39 Å². The Bertz CT molecular complexity index is 416. The Morgan fingerprint density at radius 2 is 2.17 bits per heavy atom. The van der Waals surface area contributed by atoms with Crippen molar-refractivity contribution in [3.8, 4) is 0 Å². The van der Waals surface area contributed by atoms with Gasteiger partial charge in [0.05, 0.1) is 0 Å². The number of thiocarbonyl (C=S) groups is 1. The Kier molecular flexibility index (Phi) is 4.53. The third kappa shape index (κ3) is 3.67. The van der Waals surface area contributed by atoms with Crippen molar-refractivity contribution in [1.29, 1.82) is 0 Å². The van der Waals surface area contributed by atoms with Gasteiger partial charge in [0.25, 0.3) is 0 Å². The summed E-state index contributed by atoms with van der Waals surface area (Å²) in [5.74, 6) is -0.199. The van der Waals surface area contributed by atoms with Crippen LogP contribution in [0.1, 0.15) is 31.2 Å². The van der Waals surface area contributed by atoms with E-state index in [9.17, 15) is 4.39 Å². The highest BCUT2D eigenvalue weighted by molar-refractivity contribution is 7.80. The molecule has 0 heterocycles. The average molecular weight is 266 g/mol. The first-order valence-corrected chi connectivity index (χ1v) is 6.82. The molecule has 1 N–H and O–H groups in total. The molecule has 1 fully saturated rings. The minimum Gasteiger partial charge on any atom is -0.360 e. The summed E-state index contributed by atoms with van der Waals surface area (Å²) in [7, 11) is 1.94. The van der Waals surface area contributed by atoms with E-state index in [1.54, 1.807) is 12.1 Å². The van der Waals surface area contributed by atoms with Gasteiger partial charge in [0.15, 0.2) is 5.11 Å². The number of hydrogen-bond donors (Lipinski definition) is 1. The lowest BCUT2D eigenvalue weighted by Gasteiger charge is -2.24. The van der Waals surface area contributed by atoms with Gasteiger partial charge in [-0.3, -0.25) is 0 Å². The number of nitrogens with one attached hydrogen (secondary N) is 1. The van der Waals surface area contributed by atoms with Crippen molar-refractivity contribution < 1.29 is 4.39 Å². The molecule has 0 bridgehead atoms. The van der Waals surface area contributed by atoms with E-state index in [0.29, 0.717) is 12.6 Å². The molecule has 1 aromatic carbocycles. The van der Waals surface area contributed by atoms with E-state index in [2.05, 4.69) is 5.32 Å². The average Bonchev–Trinajstić information content (AvgIpc) is 2.81. The monoisotopic (exact) mass is 266 g/mol. The zero-order valence-corrected chi connectivity index (χ0v) is 11.5. The summed E-state index contributed by atoms with van der Waals surface area (Å²) in [6.07, 6.45) is 4.98. The SMILES string of the molecule is CN(Cc1cccc(F)c1)C(=S)NC1CCCC1. The summed E-state index contributed by atoms with van der Waals surface area (Å²) in [4.78, 5) is 1.96. The topological polar surface area (TPSA) is 15.3 Å². The van der Waals surface area contributed by atoms with Crippen molar-refractivity contribution in [2.45, 2.75) is 38.3 Å². The van der Waals surface area contributed by atoms with Gasteiger partial charge in [-0.05, 0) is 42.8 Å². The lowest BCUT2D eigenvalue weighted by molar-refractivity contribution is 0.470. The Morgan fingerprint density at radius 1 is 1.44 bits per heavy atom. The molecule has 98 valence electrons. The minimum absolute atomic E-state index is 0.199. The maximum absolute atomic E-state index is 13.1. The molecule has 2 rings (SSSR count). The summed E-state index contributed by atoms with van der Waals surface area (Å²) in [6.45, 7) is 0.635. The molecule has 0 radical (unpaired) electrons. The molecule has 0 aliphatic heterocycles. The third-order valence-corrected chi connectivity index (χ3v) is 3.77. The van der Waals surface area contributed by atoms with Crippen LogP contribution in [0, 0.1) is 5.82 Å². The molecule has 0 aromatic heterocycles. The largest absolute Gasteiger partial charge is 0.360 e. The highest BCUT2D eigenvalue weighted by Gasteiger charge is 2.17. The summed E-state index contributed by atoms with van der Waals surface area (Å²) < 4.78 is 13.1. The zero-order valence-electron chi connectivity index (χ0n) is 10.7. The van der Waals surface area contributed by atoms with E-state index in [4.69, 9.17) is 12.2 Å². The van der Waals surface area contributed by atoms with Crippen molar-refractivity contribution in [3.05, 3.63) is 35.6 Å². The van der Waals surface area contributed by atoms with Crippen molar-refractivity contribution in [2.24, 2.45) is 0 Å². The third-order valence-electron chi connectivity index (χ3n) is 3.34. The summed E-state index contributed by atoms with van der Waals surface area (Å²) >= 11 is 5.37. The number of halogens is 1. The number of rotatable bonds is 3. The summed E-state index contributed by atoms with van der Waals surface area (Å²) in [5, 5.41) is 4.13. The van der Waals surface area contributed by atoms with Gasteiger partial charge in [0, 0.05) is 19.6 Å². The molecule has 1 saturated carbocycles. The van der Waals surface area contributed by atoms with E-state index in [-0.39, 0.29) is 5.82 Å². The smallest absolute Gasteiger partial charge is 0.169 e. The first-order chi connectivity index (χ1) is 8.65. The molecule has 0 atom stereocenters. The van der Waals surface area contributed by atoms with Crippen LogP contribution >= 0.6 is 12.2 Å². The van der Waals surface area contributed by atoms with Crippen LogP contribution in [0.3, 0.4) is 0 Å². The van der Waals surface area contributed by atoms with Crippen LogP contribution in [-0.4, -0.2) is 23.1 Å². The van der Waals surface area contributed by atoms with Gasteiger partial charge in [0.2, 0.25) is 0 Å². The first-order valence-electron chi connectivity index (χ1n) is 6.41. The van der Waals surface area contributed by atoms with Gasteiger partial charge in [-0.2, -0.15) is 0 Å². The number of nitrogens with zero attached hydrogens (tertiary/aromatic N) is 1. The Morgan fingerprint density at radius 3 is 2.83 bits per heavy atom. The molecule has 1 aliphatic carbocycles. The van der Waals surface area contributed by atoms with Crippen molar-refractivity contribution >= 4 is 17.3 Å². The second-order valence-corrected chi connectivity index (χ2v) is 5.30. The van der Waals surface area contributed by atoms with Crippen molar-refractivity contribution in [3.63, 3.8) is 0 Å². The molecular formula is C14H19FN2S. The fourth-order valence-corrected chi connectivity index (χ4v) is 2.57. The van der Waals surface area contributed by atoms with Crippen molar-refractivity contribution in [2.75, 3.05) is 7.05 Å². The normalized spacial score (nSPS) is 15.7. The first kappa shape index (κ1) is 13.3. The van der Waals surface area contributed by atoms with E-state index < -0.39 is 0 Å². The molecule has 4 heteroatoms. The Labute approximate surface area is 113 Å². The van der Waals surface area contributed by atoms with Crippen LogP contribution in [0.2, 0.25) is 0 Å². The van der Waals surface area contributed by atoms with Crippen LogP contribution < -0.4 is 5.32 Å². The van der Waals surface area contributed by atoms with Gasteiger partial charge < -0.3 is 10.2 Å². The van der Waals surface area contributed by atoms with E-state index in [0.717, 1.165) is 10.7 Å². The second kappa shape index (κ2) is 6.14. The molecule has 2 nitrogen and oxygen atoms in total. The number of benzene rings is 1.